The molecule has 0 unspecified atom stereocenters. The zero-order valence-corrected chi connectivity index (χ0v) is 14.9. The molecule has 0 aliphatic rings. The second-order valence-electron chi connectivity index (χ2n) is 5.10. The Morgan fingerprint density at radius 3 is 2.67 bits per heavy atom. The molecule has 1 heterocycles. The van der Waals surface area contributed by atoms with E-state index < -0.39 is 0 Å². The molecule has 1 aromatic carbocycles. The lowest BCUT2D eigenvalue weighted by molar-refractivity contribution is 0.0954. The smallest absolute Gasteiger partial charge is 0.265 e. The van der Waals surface area contributed by atoms with E-state index in [9.17, 15) is 4.79 Å². The van der Waals surface area contributed by atoms with Gasteiger partial charge in [0, 0.05) is 31.6 Å². The van der Waals surface area contributed by atoms with Gasteiger partial charge in [-0.1, -0.05) is 30.3 Å². The fourth-order valence-electron chi connectivity index (χ4n) is 2.18. The average Bonchev–Trinajstić information content (AvgIpc) is 3.03. The molecule has 2 rings (SSSR count). The molecule has 24 heavy (non-hydrogen) atoms. The molecule has 0 fully saturated rings. The Labute approximate surface area is 147 Å². The maximum atomic E-state index is 12.4. The van der Waals surface area contributed by atoms with Gasteiger partial charge in [-0.3, -0.25) is 4.79 Å². The van der Waals surface area contributed by atoms with Crippen LogP contribution in [-0.2, 0) is 4.74 Å². The standard InChI is InChI=1S/C18H24N2O3S/c1-3-23-15-13-16(14-7-5-4-6-8-14)24-17(15)18(21)20-10-9-19-11-12-22-2/h4-8,13,19H,3,9-12H2,1-2H3,(H,20,21). The summed E-state index contributed by atoms with van der Waals surface area (Å²) in [5.74, 6) is 0.547. The number of carbonyl (C=O) groups excluding carboxylic acids is 1. The topological polar surface area (TPSA) is 59.6 Å². The predicted octanol–water partition coefficient (Wildman–Crippen LogP) is 2.78. The summed E-state index contributed by atoms with van der Waals surface area (Å²) in [4.78, 5) is 14.1. The summed E-state index contributed by atoms with van der Waals surface area (Å²) in [5.41, 5.74) is 1.09. The van der Waals surface area contributed by atoms with Crippen LogP contribution in [0.3, 0.4) is 0 Å². The highest BCUT2D eigenvalue weighted by Crippen LogP contribution is 2.36. The van der Waals surface area contributed by atoms with Crippen molar-refractivity contribution in [2.24, 2.45) is 0 Å². The molecular formula is C18H24N2O3S. The van der Waals surface area contributed by atoms with E-state index in [1.807, 2.05) is 43.3 Å². The van der Waals surface area contributed by atoms with Gasteiger partial charge in [-0.05, 0) is 18.6 Å². The number of hydrogen-bond donors (Lipinski definition) is 2. The van der Waals surface area contributed by atoms with Crippen molar-refractivity contribution >= 4 is 17.2 Å². The minimum absolute atomic E-state index is 0.0980. The molecule has 0 bridgehead atoms. The Hall–Kier alpha value is -1.89. The molecular weight excluding hydrogens is 324 g/mol. The number of hydrogen-bond acceptors (Lipinski definition) is 5. The van der Waals surface area contributed by atoms with E-state index in [1.165, 1.54) is 11.3 Å². The average molecular weight is 348 g/mol. The first-order valence-electron chi connectivity index (χ1n) is 8.06. The lowest BCUT2D eigenvalue weighted by Gasteiger charge is -2.07. The van der Waals surface area contributed by atoms with Crippen molar-refractivity contribution in [2.45, 2.75) is 6.92 Å². The van der Waals surface area contributed by atoms with Crippen molar-refractivity contribution < 1.29 is 14.3 Å². The summed E-state index contributed by atoms with van der Waals surface area (Å²) in [6.45, 7) is 5.15. The maximum absolute atomic E-state index is 12.4. The van der Waals surface area contributed by atoms with Crippen LogP contribution in [0.2, 0.25) is 0 Å². The molecule has 0 saturated carbocycles. The van der Waals surface area contributed by atoms with E-state index in [4.69, 9.17) is 9.47 Å². The third-order valence-corrected chi connectivity index (χ3v) is 4.50. The normalized spacial score (nSPS) is 10.6. The summed E-state index contributed by atoms with van der Waals surface area (Å²) >= 11 is 1.46. The first kappa shape index (κ1) is 18.4. The van der Waals surface area contributed by atoms with Crippen LogP contribution in [-0.4, -0.2) is 45.9 Å². The van der Waals surface area contributed by atoms with Crippen molar-refractivity contribution in [2.75, 3.05) is 40.0 Å². The van der Waals surface area contributed by atoms with Gasteiger partial charge in [0.25, 0.3) is 5.91 Å². The van der Waals surface area contributed by atoms with E-state index in [2.05, 4.69) is 10.6 Å². The second kappa shape index (κ2) is 10.1. The monoisotopic (exact) mass is 348 g/mol. The van der Waals surface area contributed by atoms with E-state index in [-0.39, 0.29) is 5.91 Å². The Kier molecular flexibility index (Phi) is 7.74. The minimum atomic E-state index is -0.0980. The number of rotatable bonds is 10. The van der Waals surface area contributed by atoms with Crippen molar-refractivity contribution in [1.29, 1.82) is 0 Å². The van der Waals surface area contributed by atoms with Gasteiger partial charge in [0.2, 0.25) is 0 Å². The number of carbonyl (C=O) groups is 1. The molecule has 0 aliphatic carbocycles. The van der Waals surface area contributed by atoms with E-state index in [0.717, 1.165) is 17.0 Å². The fourth-order valence-corrected chi connectivity index (χ4v) is 3.21. The van der Waals surface area contributed by atoms with Crippen LogP contribution < -0.4 is 15.4 Å². The molecule has 5 nitrogen and oxygen atoms in total. The molecule has 0 atom stereocenters. The Morgan fingerprint density at radius 2 is 1.96 bits per heavy atom. The molecule has 130 valence electrons. The van der Waals surface area contributed by atoms with Crippen molar-refractivity contribution in [1.82, 2.24) is 10.6 Å². The number of benzene rings is 1. The third-order valence-electron chi connectivity index (χ3n) is 3.33. The summed E-state index contributed by atoms with van der Waals surface area (Å²) in [6, 6.07) is 12.0. The van der Waals surface area contributed by atoms with Gasteiger partial charge in [-0.25, -0.2) is 0 Å². The van der Waals surface area contributed by atoms with Gasteiger partial charge in [0.05, 0.1) is 13.2 Å². The van der Waals surface area contributed by atoms with Crippen LogP contribution in [0.1, 0.15) is 16.6 Å². The molecule has 0 spiro atoms. The zero-order valence-electron chi connectivity index (χ0n) is 14.1. The van der Waals surface area contributed by atoms with Gasteiger partial charge in [-0.15, -0.1) is 11.3 Å². The Bertz CT molecular complexity index is 628. The number of thiophene rings is 1. The predicted molar refractivity (Wildman–Crippen MR) is 98.0 cm³/mol. The molecule has 0 radical (unpaired) electrons. The van der Waals surface area contributed by atoms with Gasteiger partial charge in [0.15, 0.2) is 0 Å². The molecule has 2 aromatic rings. The van der Waals surface area contributed by atoms with E-state index >= 15 is 0 Å². The lowest BCUT2D eigenvalue weighted by Crippen LogP contribution is -2.32. The summed E-state index contributed by atoms with van der Waals surface area (Å²) < 4.78 is 10.6. The molecule has 6 heteroatoms. The van der Waals surface area contributed by atoms with Gasteiger partial charge in [0.1, 0.15) is 10.6 Å². The maximum Gasteiger partial charge on any atom is 0.265 e. The quantitative estimate of drug-likeness (QED) is 0.648. The number of ether oxygens (including phenoxy) is 2. The summed E-state index contributed by atoms with van der Waals surface area (Å²) in [7, 11) is 1.67. The van der Waals surface area contributed by atoms with E-state index in [0.29, 0.717) is 36.9 Å². The largest absolute Gasteiger partial charge is 0.492 e. The Balaban J connectivity index is 1.99. The molecule has 2 N–H and O–H groups in total. The SMILES string of the molecule is CCOc1cc(-c2ccccc2)sc1C(=O)NCCNCCOC. The van der Waals surface area contributed by atoms with Crippen LogP contribution >= 0.6 is 11.3 Å². The number of methoxy groups -OCH3 is 1. The first-order valence-corrected chi connectivity index (χ1v) is 8.87. The van der Waals surface area contributed by atoms with Crippen molar-refractivity contribution in [3.63, 3.8) is 0 Å². The van der Waals surface area contributed by atoms with E-state index in [1.54, 1.807) is 7.11 Å². The van der Waals surface area contributed by atoms with Crippen LogP contribution in [0.15, 0.2) is 36.4 Å². The highest BCUT2D eigenvalue weighted by molar-refractivity contribution is 7.17. The highest BCUT2D eigenvalue weighted by atomic mass is 32.1. The van der Waals surface area contributed by atoms with Crippen LogP contribution in [0, 0.1) is 0 Å². The lowest BCUT2D eigenvalue weighted by atomic mass is 10.2. The first-order chi connectivity index (χ1) is 11.8. The van der Waals surface area contributed by atoms with Crippen molar-refractivity contribution in [3.8, 4) is 16.2 Å². The fraction of sp³-hybridized carbons (Fsp3) is 0.389. The van der Waals surface area contributed by atoms with Crippen molar-refractivity contribution in [3.05, 3.63) is 41.3 Å². The van der Waals surface area contributed by atoms with Crippen LogP contribution in [0.4, 0.5) is 0 Å². The van der Waals surface area contributed by atoms with Gasteiger partial charge >= 0.3 is 0 Å². The zero-order chi connectivity index (χ0) is 17.2. The molecule has 0 saturated heterocycles. The summed E-state index contributed by atoms with van der Waals surface area (Å²) in [5, 5.41) is 6.12. The van der Waals surface area contributed by atoms with Gasteiger partial charge < -0.3 is 20.1 Å². The second-order valence-corrected chi connectivity index (χ2v) is 6.15. The van der Waals surface area contributed by atoms with Crippen LogP contribution in [0.5, 0.6) is 5.75 Å². The number of amides is 1. The molecule has 0 aliphatic heterocycles. The van der Waals surface area contributed by atoms with Crippen LogP contribution in [0.25, 0.3) is 10.4 Å². The Morgan fingerprint density at radius 1 is 1.17 bits per heavy atom. The number of nitrogens with one attached hydrogen (secondary N) is 2. The molecule has 1 amide bonds. The third kappa shape index (κ3) is 5.33. The van der Waals surface area contributed by atoms with Gasteiger partial charge in [-0.2, -0.15) is 0 Å². The minimum Gasteiger partial charge on any atom is -0.492 e. The highest BCUT2D eigenvalue weighted by Gasteiger charge is 2.18. The molecule has 1 aromatic heterocycles. The summed E-state index contributed by atoms with van der Waals surface area (Å²) in [6.07, 6.45) is 0.